The molecule has 0 radical (unpaired) electrons. The van der Waals surface area contributed by atoms with Gasteiger partial charge in [-0.15, -0.1) is 0 Å². The maximum Gasteiger partial charge on any atom is 0.000102 e. The van der Waals surface area contributed by atoms with E-state index in [4.69, 9.17) is 0 Å². The molecule has 0 fully saturated rings. The third-order valence-electron chi connectivity index (χ3n) is 2.96. The lowest BCUT2D eigenvalue weighted by Crippen LogP contribution is -2.21. The molecule has 1 nitrogen and oxygen atoms in total. The molecular formula is C13H29N. The van der Waals surface area contributed by atoms with E-state index in [1.54, 1.807) is 0 Å². The highest BCUT2D eigenvalue weighted by molar-refractivity contribution is 4.64. The first-order valence-electron chi connectivity index (χ1n) is 6.24. The number of nitrogens with zero attached hydrogens (tertiary/aromatic N) is 1. The molecule has 2 atom stereocenters. The highest BCUT2D eigenvalue weighted by atomic mass is 15.1. The molecule has 0 saturated heterocycles. The van der Waals surface area contributed by atoms with Gasteiger partial charge in [-0.1, -0.05) is 46.5 Å². The standard InChI is InChI=1S/C13H29N/c1-6-8-9-13(7-2)10-12(3)11-14(4)5/h12-13H,6-11H2,1-5H3. The minimum absolute atomic E-state index is 0.854. The van der Waals surface area contributed by atoms with Crippen LogP contribution in [0.5, 0.6) is 0 Å². The first kappa shape index (κ1) is 14.0. The van der Waals surface area contributed by atoms with Crippen molar-refractivity contribution in [3.8, 4) is 0 Å². The lowest BCUT2D eigenvalue weighted by atomic mass is 9.89. The van der Waals surface area contributed by atoms with Gasteiger partial charge in [-0.3, -0.25) is 0 Å². The molecular weight excluding hydrogens is 170 g/mol. The maximum atomic E-state index is 2.38. The fourth-order valence-corrected chi connectivity index (χ4v) is 2.25. The predicted octanol–water partition coefficient (Wildman–Crippen LogP) is 3.79. The van der Waals surface area contributed by atoms with Crippen LogP contribution in [0.25, 0.3) is 0 Å². The Bertz CT molecular complexity index is 120. The van der Waals surface area contributed by atoms with Crippen LogP contribution in [0.3, 0.4) is 0 Å². The van der Waals surface area contributed by atoms with Gasteiger partial charge in [-0.2, -0.15) is 0 Å². The van der Waals surface area contributed by atoms with Gasteiger partial charge >= 0.3 is 0 Å². The number of hydrogen-bond acceptors (Lipinski definition) is 1. The van der Waals surface area contributed by atoms with Crippen molar-refractivity contribution >= 4 is 0 Å². The Morgan fingerprint density at radius 3 is 2.21 bits per heavy atom. The summed E-state index contributed by atoms with van der Waals surface area (Å²) < 4.78 is 0. The van der Waals surface area contributed by atoms with E-state index in [0.29, 0.717) is 0 Å². The minimum Gasteiger partial charge on any atom is -0.309 e. The van der Waals surface area contributed by atoms with Gasteiger partial charge in [0.1, 0.15) is 0 Å². The van der Waals surface area contributed by atoms with E-state index in [-0.39, 0.29) is 0 Å². The van der Waals surface area contributed by atoms with Gasteiger partial charge in [0.05, 0.1) is 0 Å². The fraction of sp³-hybridized carbons (Fsp3) is 1.00. The van der Waals surface area contributed by atoms with Crippen molar-refractivity contribution in [1.82, 2.24) is 4.90 Å². The molecule has 0 saturated carbocycles. The zero-order chi connectivity index (χ0) is 11.0. The predicted molar refractivity (Wildman–Crippen MR) is 65.6 cm³/mol. The van der Waals surface area contributed by atoms with Crippen molar-refractivity contribution < 1.29 is 0 Å². The molecule has 0 rings (SSSR count). The molecule has 2 unspecified atom stereocenters. The molecule has 0 aliphatic carbocycles. The zero-order valence-electron chi connectivity index (χ0n) is 10.8. The van der Waals surface area contributed by atoms with Crippen LogP contribution in [0.4, 0.5) is 0 Å². The van der Waals surface area contributed by atoms with Gasteiger partial charge in [0, 0.05) is 6.54 Å². The van der Waals surface area contributed by atoms with Crippen LogP contribution in [0.1, 0.15) is 52.9 Å². The largest absolute Gasteiger partial charge is 0.309 e. The monoisotopic (exact) mass is 199 g/mol. The molecule has 0 bridgehead atoms. The molecule has 86 valence electrons. The molecule has 0 aromatic heterocycles. The Hall–Kier alpha value is -0.0400. The Labute approximate surface area is 90.9 Å². The first-order valence-corrected chi connectivity index (χ1v) is 6.24. The molecule has 1 heteroatoms. The number of rotatable bonds is 8. The maximum absolute atomic E-state index is 2.38. The summed E-state index contributed by atoms with van der Waals surface area (Å²) in [6.07, 6.45) is 6.96. The van der Waals surface area contributed by atoms with E-state index < -0.39 is 0 Å². The van der Waals surface area contributed by atoms with Crippen LogP contribution >= 0.6 is 0 Å². The molecule has 0 aliphatic heterocycles. The molecule has 0 N–H and O–H groups in total. The molecule has 0 spiro atoms. The second-order valence-corrected chi connectivity index (χ2v) is 5.02. The second-order valence-electron chi connectivity index (χ2n) is 5.02. The van der Waals surface area contributed by atoms with Gasteiger partial charge in [-0.05, 0) is 32.4 Å². The molecule has 0 aromatic rings. The van der Waals surface area contributed by atoms with Crippen LogP contribution in [-0.4, -0.2) is 25.5 Å². The Morgan fingerprint density at radius 1 is 1.14 bits per heavy atom. The zero-order valence-corrected chi connectivity index (χ0v) is 10.8. The fourth-order valence-electron chi connectivity index (χ4n) is 2.25. The summed E-state index contributed by atoms with van der Waals surface area (Å²) in [5.74, 6) is 1.82. The van der Waals surface area contributed by atoms with Crippen molar-refractivity contribution in [2.24, 2.45) is 11.8 Å². The molecule has 0 aliphatic rings. The van der Waals surface area contributed by atoms with E-state index in [1.165, 1.54) is 38.6 Å². The van der Waals surface area contributed by atoms with Crippen molar-refractivity contribution in [2.75, 3.05) is 20.6 Å². The summed E-state index contributed by atoms with van der Waals surface area (Å²) in [7, 11) is 4.34. The van der Waals surface area contributed by atoms with Crippen LogP contribution in [0.2, 0.25) is 0 Å². The van der Waals surface area contributed by atoms with Gasteiger partial charge in [0.25, 0.3) is 0 Å². The van der Waals surface area contributed by atoms with Gasteiger partial charge in [-0.25, -0.2) is 0 Å². The van der Waals surface area contributed by atoms with Crippen LogP contribution in [0.15, 0.2) is 0 Å². The Morgan fingerprint density at radius 2 is 1.79 bits per heavy atom. The average molecular weight is 199 g/mol. The summed E-state index contributed by atoms with van der Waals surface area (Å²) in [6.45, 7) is 8.25. The summed E-state index contributed by atoms with van der Waals surface area (Å²) in [4.78, 5) is 2.30. The van der Waals surface area contributed by atoms with Crippen molar-refractivity contribution in [3.05, 3.63) is 0 Å². The highest BCUT2D eigenvalue weighted by Crippen LogP contribution is 2.21. The van der Waals surface area contributed by atoms with Crippen molar-refractivity contribution in [3.63, 3.8) is 0 Å². The Kier molecular flexibility index (Phi) is 8.26. The van der Waals surface area contributed by atoms with Gasteiger partial charge in [0.15, 0.2) is 0 Å². The smallest absolute Gasteiger partial charge is 0.000102 e. The average Bonchev–Trinajstić information content (AvgIpc) is 2.10. The summed E-state index contributed by atoms with van der Waals surface area (Å²) >= 11 is 0. The van der Waals surface area contributed by atoms with E-state index >= 15 is 0 Å². The lowest BCUT2D eigenvalue weighted by molar-refractivity contribution is 0.279. The van der Waals surface area contributed by atoms with E-state index in [9.17, 15) is 0 Å². The normalized spacial score (nSPS) is 15.9. The Balaban J connectivity index is 3.68. The second kappa shape index (κ2) is 8.28. The van der Waals surface area contributed by atoms with E-state index in [1.807, 2.05) is 0 Å². The van der Waals surface area contributed by atoms with E-state index in [0.717, 1.165) is 11.8 Å². The van der Waals surface area contributed by atoms with Gasteiger partial charge in [0.2, 0.25) is 0 Å². The third kappa shape index (κ3) is 7.37. The minimum atomic E-state index is 0.854. The number of unbranched alkanes of at least 4 members (excludes halogenated alkanes) is 1. The quantitative estimate of drug-likeness (QED) is 0.575. The summed E-state index contributed by atoms with van der Waals surface area (Å²) in [5.41, 5.74) is 0. The molecule has 0 aromatic carbocycles. The summed E-state index contributed by atoms with van der Waals surface area (Å²) in [5, 5.41) is 0. The first-order chi connectivity index (χ1) is 6.60. The lowest BCUT2D eigenvalue weighted by Gasteiger charge is -2.22. The van der Waals surface area contributed by atoms with Gasteiger partial charge < -0.3 is 4.90 Å². The molecule has 0 heterocycles. The SMILES string of the molecule is CCCCC(CC)CC(C)CN(C)C. The molecule has 0 amide bonds. The van der Waals surface area contributed by atoms with Crippen LogP contribution < -0.4 is 0 Å². The summed E-state index contributed by atoms with van der Waals surface area (Å²) in [6, 6.07) is 0. The van der Waals surface area contributed by atoms with E-state index in [2.05, 4.69) is 39.8 Å². The van der Waals surface area contributed by atoms with Crippen molar-refractivity contribution in [1.29, 1.82) is 0 Å². The third-order valence-corrected chi connectivity index (χ3v) is 2.96. The van der Waals surface area contributed by atoms with Crippen molar-refractivity contribution in [2.45, 2.75) is 52.9 Å². The molecule has 14 heavy (non-hydrogen) atoms. The topological polar surface area (TPSA) is 3.24 Å². The van der Waals surface area contributed by atoms with Crippen LogP contribution in [-0.2, 0) is 0 Å². The highest BCUT2D eigenvalue weighted by Gasteiger charge is 2.11. The van der Waals surface area contributed by atoms with Crippen LogP contribution in [0, 0.1) is 11.8 Å². The number of hydrogen-bond donors (Lipinski definition) is 0.